The van der Waals surface area contributed by atoms with E-state index < -0.39 is 0 Å². The second-order valence-corrected chi connectivity index (χ2v) is 2.70. The van der Waals surface area contributed by atoms with E-state index in [2.05, 4.69) is 11.9 Å². The van der Waals surface area contributed by atoms with Gasteiger partial charge < -0.3 is 0 Å². The molecule has 2 heteroatoms. The number of carbonyl (C=O) groups excluding carboxylic acids is 1. The lowest BCUT2D eigenvalue weighted by Crippen LogP contribution is -2.06. The maximum Gasteiger partial charge on any atom is 0.235 e. The van der Waals surface area contributed by atoms with E-state index >= 15 is 0 Å². The number of hydrogen-bond donors (Lipinski definition) is 0. The summed E-state index contributed by atoms with van der Waals surface area (Å²) >= 11 is 0. The minimum absolute atomic E-state index is 0.280. The summed E-state index contributed by atoms with van der Waals surface area (Å²) in [6.07, 6.45) is 5.13. The number of aliphatic imine (C=N–C) groups is 1. The van der Waals surface area contributed by atoms with Crippen LogP contribution in [0.15, 0.2) is 4.99 Å². The SMILES string of the molecule is CC1CCCC1N=C=O. The second-order valence-electron chi connectivity index (χ2n) is 2.70. The van der Waals surface area contributed by atoms with E-state index in [0.717, 1.165) is 6.42 Å². The Balaban J connectivity index is 2.49. The molecular weight excluding hydrogens is 114 g/mol. The van der Waals surface area contributed by atoms with Crippen LogP contribution < -0.4 is 0 Å². The lowest BCUT2D eigenvalue weighted by atomic mass is 10.1. The van der Waals surface area contributed by atoms with Gasteiger partial charge in [-0.15, -0.1) is 0 Å². The first-order valence-corrected chi connectivity index (χ1v) is 3.41. The Morgan fingerprint density at radius 2 is 2.33 bits per heavy atom. The molecule has 0 aromatic carbocycles. The van der Waals surface area contributed by atoms with Gasteiger partial charge in [0, 0.05) is 0 Å². The molecule has 0 radical (unpaired) electrons. The van der Waals surface area contributed by atoms with Crippen LogP contribution in [0.5, 0.6) is 0 Å². The summed E-state index contributed by atoms with van der Waals surface area (Å²) < 4.78 is 0. The van der Waals surface area contributed by atoms with Gasteiger partial charge in [0.15, 0.2) is 0 Å². The molecule has 0 N–H and O–H groups in total. The van der Waals surface area contributed by atoms with Gasteiger partial charge in [0.2, 0.25) is 6.08 Å². The highest BCUT2D eigenvalue weighted by Gasteiger charge is 2.21. The van der Waals surface area contributed by atoms with Gasteiger partial charge in [-0.2, -0.15) is 0 Å². The van der Waals surface area contributed by atoms with E-state index in [1.54, 1.807) is 6.08 Å². The predicted molar refractivity (Wildman–Crippen MR) is 34.9 cm³/mol. The second kappa shape index (κ2) is 2.79. The van der Waals surface area contributed by atoms with Crippen molar-refractivity contribution in [2.75, 3.05) is 0 Å². The fourth-order valence-electron chi connectivity index (χ4n) is 1.39. The maximum atomic E-state index is 9.81. The first-order valence-electron chi connectivity index (χ1n) is 3.41. The van der Waals surface area contributed by atoms with Gasteiger partial charge in [-0.3, -0.25) is 0 Å². The monoisotopic (exact) mass is 125 g/mol. The van der Waals surface area contributed by atoms with Crippen molar-refractivity contribution < 1.29 is 4.79 Å². The molecular formula is C7H11NO. The lowest BCUT2D eigenvalue weighted by molar-refractivity contribution is 0.513. The molecule has 9 heavy (non-hydrogen) atoms. The van der Waals surface area contributed by atoms with Gasteiger partial charge in [0.25, 0.3) is 0 Å². The highest BCUT2D eigenvalue weighted by atomic mass is 16.1. The molecule has 2 nitrogen and oxygen atoms in total. The van der Waals surface area contributed by atoms with Crippen molar-refractivity contribution in [3.05, 3.63) is 0 Å². The molecule has 1 saturated carbocycles. The predicted octanol–water partition coefficient (Wildman–Crippen LogP) is 1.51. The van der Waals surface area contributed by atoms with Gasteiger partial charge >= 0.3 is 0 Å². The molecule has 0 aromatic heterocycles. The Hall–Kier alpha value is -0.620. The first-order chi connectivity index (χ1) is 4.34. The number of hydrogen-bond acceptors (Lipinski definition) is 2. The summed E-state index contributed by atoms with van der Waals surface area (Å²) in [7, 11) is 0. The number of isocyanates is 1. The first kappa shape index (κ1) is 6.50. The van der Waals surface area contributed by atoms with Crippen LogP contribution in [0.2, 0.25) is 0 Å². The summed E-state index contributed by atoms with van der Waals surface area (Å²) in [5, 5.41) is 0. The van der Waals surface area contributed by atoms with Gasteiger partial charge in [0.05, 0.1) is 6.04 Å². The highest BCUT2D eigenvalue weighted by molar-refractivity contribution is 5.33. The van der Waals surface area contributed by atoms with Crippen molar-refractivity contribution in [2.45, 2.75) is 32.2 Å². The average molecular weight is 125 g/mol. The van der Waals surface area contributed by atoms with Crippen molar-refractivity contribution in [1.29, 1.82) is 0 Å². The van der Waals surface area contributed by atoms with E-state index in [4.69, 9.17) is 0 Å². The van der Waals surface area contributed by atoms with Gasteiger partial charge in [0.1, 0.15) is 0 Å². The van der Waals surface area contributed by atoms with Gasteiger partial charge in [-0.25, -0.2) is 9.79 Å². The van der Waals surface area contributed by atoms with Crippen LogP contribution in [-0.4, -0.2) is 12.1 Å². The molecule has 1 rings (SSSR count). The summed E-state index contributed by atoms with van der Waals surface area (Å²) in [6, 6.07) is 0.280. The Morgan fingerprint density at radius 3 is 2.78 bits per heavy atom. The summed E-state index contributed by atoms with van der Waals surface area (Å²) in [5.74, 6) is 0.603. The molecule has 50 valence electrons. The average Bonchev–Trinajstić information content (AvgIpc) is 2.18. The van der Waals surface area contributed by atoms with Crippen molar-refractivity contribution in [1.82, 2.24) is 0 Å². The zero-order valence-corrected chi connectivity index (χ0v) is 5.63. The number of rotatable bonds is 1. The van der Waals surface area contributed by atoms with E-state index in [9.17, 15) is 4.79 Å². The van der Waals surface area contributed by atoms with Crippen molar-refractivity contribution in [3.63, 3.8) is 0 Å². The topological polar surface area (TPSA) is 29.4 Å². The third-order valence-electron chi connectivity index (χ3n) is 2.03. The Labute approximate surface area is 55.0 Å². The normalized spacial score (nSPS) is 33.9. The Bertz CT molecular complexity index is 138. The van der Waals surface area contributed by atoms with Gasteiger partial charge in [-0.1, -0.05) is 13.3 Å². The number of nitrogens with zero attached hydrogens (tertiary/aromatic N) is 1. The smallest absolute Gasteiger partial charge is 0.211 e. The molecule has 1 aliphatic carbocycles. The molecule has 2 unspecified atom stereocenters. The zero-order valence-electron chi connectivity index (χ0n) is 5.63. The fourth-order valence-corrected chi connectivity index (χ4v) is 1.39. The van der Waals surface area contributed by atoms with Crippen LogP contribution in [-0.2, 0) is 4.79 Å². The standard InChI is InChI=1S/C7H11NO/c1-6-3-2-4-7(6)8-5-9/h6-7H,2-4H2,1H3. The van der Waals surface area contributed by atoms with E-state index in [0.29, 0.717) is 5.92 Å². The largest absolute Gasteiger partial charge is 0.235 e. The van der Waals surface area contributed by atoms with E-state index in [1.807, 2.05) is 0 Å². The molecule has 0 bridgehead atoms. The van der Waals surface area contributed by atoms with Crippen LogP contribution in [0, 0.1) is 5.92 Å². The fraction of sp³-hybridized carbons (Fsp3) is 0.857. The third kappa shape index (κ3) is 1.39. The molecule has 0 saturated heterocycles. The Morgan fingerprint density at radius 1 is 1.56 bits per heavy atom. The lowest BCUT2D eigenvalue weighted by Gasteiger charge is -2.04. The molecule has 0 aliphatic heterocycles. The summed E-state index contributed by atoms with van der Waals surface area (Å²) in [4.78, 5) is 13.5. The van der Waals surface area contributed by atoms with Crippen LogP contribution in [0.1, 0.15) is 26.2 Å². The van der Waals surface area contributed by atoms with Crippen molar-refractivity contribution in [2.24, 2.45) is 10.9 Å². The van der Waals surface area contributed by atoms with Crippen LogP contribution in [0.4, 0.5) is 0 Å². The van der Waals surface area contributed by atoms with Crippen LogP contribution in [0.3, 0.4) is 0 Å². The molecule has 0 heterocycles. The molecule has 0 spiro atoms. The third-order valence-corrected chi connectivity index (χ3v) is 2.03. The summed E-state index contributed by atoms with van der Waals surface area (Å²) in [6.45, 7) is 2.14. The van der Waals surface area contributed by atoms with Crippen molar-refractivity contribution >= 4 is 6.08 Å². The highest BCUT2D eigenvalue weighted by Crippen LogP contribution is 2.26. The van der Waals surface area contributed by atoms with Crippen LogP contribution in [0.25, 0.3) is 0 Å². The van der Waals surface area contributed by atoms with Crippen molar-refractivity contribution in [3.8, 4) is 0 Å². The molecule has 0 aromatic rings. The molecule has 0 amide bonds. The molecule has 1 fully saturated rings. The van der Waals surface area contributed by atoms with Crippen LogP contribution >= 0.6 is 0 Å². The minimum Gasteiger partial charge on any atom is -0.211 e. The zero-order chi connectivity index (χ0) is 6.69. The summed E-state index contributed by atoms with van der Waals surface area (Å²) in [5.41, 5.74) is 0. The minimum atomic E-state index is 0.280. The quantitative estimate of drug-likeness (QED) is 0.386. The molecule has 1 aliphatic rings. The Kier molecular flexibility index (Phi) is 2.01. The van der Waals surface area contributed by atoms with E-state index in [1.165, 1.54) is 12.8 Å². The molecule has 2 atom stereocenters. The van der Waals surface area contributed by atoms with Gasteiger partial charge in [-0.05, 0) is 18.8 Å². The maximum absolute atomic E-state index is 9.81. The van der Waals surface area contributed by atoms with E-state index in [-0.39, 0.29) is 6.04 Å².